The van der Waals surface area contributed by atoms with Gasteiger partial charge in [-0.05, 0) is 39.0 Å². The molecule has 1 rings (SSSR count). The highest BCUT2D eigenvalue weighted by atomic mass is 16.2. The van der Waals surface area contributed by atoms with Gasteiger partial charge in [0.1, 0.15) is 5.41 Å². The summed E-state index contributed by atoms with van der Waals surface area (Å²) in [5, 5.41) is 11.8. The van der Waals surface area contributed by atoms with Crippen LogP contribution in [-0.4, -0.2) is 11.9 Å². The second-order valence-electron chi connectivity index (χ2n) is 4.40. The van der Waals surface area contributed by atoms with Crippen LogP contribution in [0.25, 0.3) is 0 Å². The Morgan fingerprint density at radius 2 is 2.29 bits per heavy atom. The Labute approximate surface area is 85.5 Å². The van der Waals surface area contributed by atoms with Crippen molar-refractivity contribution < 1.29 is 4.79 Å². The highest BCUT2D eigenvalue weighted by molar-refractivity contribution is 5.85. The topological polar surface area (TPSA) is 52.9 Å². The second kappa shape index (κ2) is 4.00. The quantitative estimate of drug-likeness (QED) is 0.742. The molecule has 0 aliphatic heterocycles. The summed E-state index contributed by atoms with van der Waals surface area (Å²) in [6, 6.07) is 2.30. The van der Waals surface area contributed by atoms with E-state index >= 15 is 0 Å². The largest absolute Gasteiger partial charge is 0.352 e. The van der Waals surface area contributed by atoms with Gasteiger partial charge in [-0.25, -0.2) is 0 Å². The molecule has 3 nitrogen and oxygen atoms in total. The molecule has 2 atom stereocenters. The van der Waals surface area contributed by atoms with E-state index in [4.69, 9.17) is 5.26 Å². The fourth-order valence-corrected chi connectivity index (χ4v) is 1.37. The molecule has 0 bridgehead atoms. The molecule has 0 spiro atoms. The second-order valence-corrected chi connectivity index (χ2v) is 4.40. The van der Waals surface area contributed by atoms with E-state index in [1.165, 1.54) is 12.8 Å². The van der Waals surface area contributed by atoms with Crippen molar-refractivity contribution in [2.24, 2.45) is 11.3 Å². The van der Waals surface area contributed by atoms with Crippen LogP contribution in [-0.2, 0) is 4.79 Å². The minimum Gasteiger partial charge on any atom is -0.352 e. The van der Waals surface area contributed by atoms with Gasteiger partial charge < -0.3 is 5.32 Å². The lowest BCUT2D eigenvalue weighted by atomic mass is 9.88. The maximum atomic E-state index is 11.7. The molecule has 2 unspecified atom stereocenters. The molecule has 1 aliphatic rings. The fraction of sp³-hybridized carbons (Fsp3) is 0.818. The minimum atomic E-state index is -0.858. The number of carbonyl (C=O) groups excluding carboxylic acids is 1. The number of nitrogens with zero attached hydrogens (tertiary/aromatic N) is 1. The Bertz CT molecular complexity index is 265. The molecule has 1 amide bonds. The van der Waals surface area contributed by atoms with Gasteiger partial charge in [-0.3, -0.25) is 4.79 Å². The van der Waals surface area contributed by atoms with Crippen molar-refractivity contribution >= 4 is 5.91 Å². The first kappa shape index (κ1) is 11.0. The van der Waals surface area contributed by atoms with Gasteiger partial charge in [0.25, 0.3) is 0 Å². The van der Waals surface area contributed by atoms with Gasteiger partial charge in [-0.2, -0.15) is 5.26 Å². The summed E-state index contributed by atoms with van der Waals surface area (Å²) < 4.78 is 0. The third kappa shape index (κ3) is 2.25. The molecule has 1 N–H and O–H groups in total. The van der Waals surface area contributed by atoms with Crippen molar-refractivity contribution in [3.8, 4) is 6.07 Å². The molecule has 1 aliphatic carbocycles. The zero-order valence-electron chi connectivity index (χ0n) is 9.13. The van der Waals surface area contributed by atoms with E-state index in [1.54, 1.807) is 6.92 Å². The van der Waals surface area contributed by atoms with Crippen LogP contribution in [0.5, 0.6) is 0 Å². The number of carbonyl (C=O) groups is 1. The van der Waals surface area contributed by atoms with Crippen LogP contribution in [0.3, 0.4) is 0 Å². The summed E-state index contributed by atoms with van der Waals surface area (Å²) in [5.41, 5.74) is -0.858. The van der Waals surface area contributed by atoms with Crippen molar-refractivity contribution in [2.45, 2.75) is 46.1 Å². The van der Waals surface area contributed by atoms with E-state index in [-0.39, 0.29) is 11.9 Å². The van der Waals surface area contributed by atoms with Crippen LogP contribution in [0, 0.1) is 22.7 Å². The Morgan fingerprint density at radius 1 is 1.71 bits per heavy atom. The van der Waals surface area contributed by atoms with E-state index in [9.17, 15) is 4.79 Å². The molecule has 14 heavy (non-hydrogen) atoms. The molecule has 0 heterocycles. The first-order chi connectivity index (χ1) is 6.53. The summed E-state index contributed by atoms with van der Waals surface area (Å²) in [4.78, 5) is 11.7. The van der Waals surface area contributed by atoms with Gasteiger partial charge in [0.2, 0.25) is 5.91 Å². The maximum Gasteiger partial charge on any atom is 0.240 e. The van der Waals surface area contributed by atoms with Crippen molar-refractivity contribution in [3.63, 3.8) is 0 Å². The predicted octanol–water partition coefficient (Wildman–Crippen LogP) is 1.84. The van der Waals surface area contributed by atoms with Crippen molar-refractivity contribution in [2.75, 3.05) is 0 Å². The third-order valence-corrected chi connectivity index (χ3v) is 3.14. The van der Waals surface area contributed by atoms with Crippen LogP contribution < -0.4 is 5.32 Å². The molecule has 0 aromatic carbocycles. The number of hydrogen-bond acceptors (Lipinski definition) is 2. The predicted molar refractivity (Wildman–Crippen MR) is 54.3 cm³/mol. The van der Waals surface area contributed by atoms with Gasteiger partial charge in [0.05, 0.1) is 6.07 Å². The molecular weight excluding hydrogens is 176 g/mol. The average molecular weight is 194 g/mol. The van der Waals surface area contributed by atoms with Crippen LogP contribution in [0.2, 0.25) is 0 Å². The van der Waals surface area contributed by atoms with Crippen molar-refractivity contribution in [1.29, 1.82) is 5.26 Å². The van der Waals surface area contributed by atoms with E-state index in [1.807, 2.05) is 13.8 Å². The van der Waals surface area contributed by atoms with E-state index in [2.05, 4.69) is 11.4 Å². The number of nitriles is 1. The van der Waals surface area contributed by atoms with Gasteiger partial charge in [-0.1, -0.05) is 6.92 Å². The minimum absolute atomic E-state index is 0.123. The van der Waals surface area contributed by atoms with Crippen molar-refractivity contribution in [3.05, 3.63) is 0 Å². The summed E-state index contributed by atoms with van der Waals surface area (Å²) in [6.45, 7) is 5.58. The maximum absolute atomic E-state index is 11.7. The van der Waals surface area contributed by atoms with E-state index in [0.29, 0.717) is 12.3 Å². The zero-order chi connectivity index (χ0) is 10.8. The Balaban J connectivity index is 2.51. The first-order valence-corrected chi connectivity index (χ1v) is 5.25. The lowest BCUT2D eigenvalue weighted by Crippen LogP contribution is -2.43. The Kier molecular flexibility index (Phi) is 3.15. The van der Waals surface area contributed by atoms with Crippen molar-refractivity contribution in [1.82, 2.24) is 5.32 Å². The van der Waals surface area contributed by atoms with Gasteiger partial charge in [0, 0.05) is 6.04 Å². The molecule has 1 saturated carbocycles. The number of hydrogen-bond donors (Lipinski definition) is 1. The van der Waals surface area contributed by atoms with E-state index < -0.39 is 5.41 Å². The molecule has 1 fully saturated rings. The van der Waals surface area contributed by atoms with Gasteiger partial charge in [-0.15, -0.1) is 0 Å². The monoisotopic (exact) mass is 194 g/mol. The Morgan fingerprint density at radius 3 is 2.64 bits per heavy atom. The lowest BCUT2D eigenvalue weighted by Gasteiger charge is -2.22. The molecular formula is C11H18N2O. The van der Waals surface area contributed by atoms with Crippen LogP contribution in [0.1, 0.15) is 40.0 Å². The number of nitrogens with one attached hydrogen (secondary N) is 1. The van der Waals surface area contributed by atoms with Crippen LogP contribution >= 0.6 is 0 Å². The Hall–Kier alpha value is -1.04. The molecule has 78 valence electrons. The van der Waals surface area contributed by atoms with Crippen LogP contribution in [0.15, 0.2) is 0 Å². The summed E-state index contributed by atoms with van der Waals surface area (Å²) in [5.74, 6) is 0.514. The molecule has 0 saturated heterocycles. The summed E-state index contributed by atoms with van der Waals surface area (Å²) in [6.07, 6.45) is 2.97. The van der Waals surface area contributed by atoms with E-state index in [0.717, 1.165) is 0 Å². The third-order valence-electron chi connectivity index (χ3n) is 3.14. The standard InChI is InChI=1S/C11H18N2O/c1-4-11(3,7-12)10(14)13-8(2)9-5-6-9/h8-9H,4-6H2,1-3H3,(H,13,14). The van der Waals surface area contributed by atoms with Gasteiger partial charge in [0.15, 0.2) is 0 Å². The van der Waals surface area contributed by atoms with Gasteiger partial charge >= 0.3 is 0 Å². The molecule has 0 radical (unpaired) electrons. The number of amides is 1. The van der Waals surface area contributed by atoms with Crippen LogP contribution in [0.4, 0.5) is 0 Å². The first-order valence-electron chi connectivity index (χ1n) is 5.25. The SMILES string of the molecule is CCC(C)(C#N)C(=O)NC(C)C1CC1. The highest BCUT2D eigenvalue weighted by Crippen LogP contribution is 2.33. The average Bonchev–Trinajstić information content (AvgIpc) is 2.99. The highest BCUT2D eigenvalue weighted by Gasteiger charge is 2.35. The fourth-order valence-electron chi connectivity index (χ4n) is 1.37. The normalized spacial score (nSPS) is 21.9. The summed E-state index contributed by atoms with van der Waals surface area (Å²) >= 11 is 0. The smallest absolute Gasteiger partial charge is 0.240 e. The summed E-state index contributed by atoms with van der Waals surface area (Å²) in [7, 11) is 0. The molecule has 3 heteroatoms. The molecule has 0 aromatic rings. The lowest BCUT2D eigenvalue weighted by molar-refractivity contribution is -0.128. The number of rotatable bonds is 4. The molecule has 0 aromatic heterocycles. The zero-order valence-corrected chi connectivity index (χ0v) is 9.13.